The van der Waals surface area contributed by atoms with E-state index in [1.807, 2.05) is 6.92 Å². The van der Waals surface area contributed by atoms with Crippen molar-refractivity contribution in [3.8, 4) is 0 Å². The summed E-state index contributed by atoms with van der Waals surface area (Å²) >= 11 is 1.30. The van der Waals surface area contributed by atoms with E-state index in [4.69, 9.17) is 0 Å². The van der Waals surface area contributed by atoms with Gasteiger partial charge in [0.1, 0.15) is 5.78 Å². The quantitative estimate of drug-likeness (QED) is 0.607. The second-order valence-electron chi connectivity index (χ2n) is 2.73. The van der Waals surface area contributed by atoms with Crippen LogP contribution < -0.4 is 0 Å². The van der Waals surface area contributed by atoms with Gasteiger partial charge in [-0.1, -0.05) is 18.7 Å². The van der Waals surface area contributed by atoms with Crippen molar-refractivity contribution < 1.29 is 9.59 Å². The van der Waals surface area contributed by atoms with E-state index in [2.05, 4.69) is 0 Å². The Hall–Kier alpha value is -0.310. The number of carbonyl (C=O) groups is 2. The highest BCUT2D eigenvalue weighted by molar-refractivity contribution is 8.14. The molecule has 1 heterocycles. The lowest BCUT2D eigenvalue weighted by molar-refractivity contribution is -0.128. The van der Waals surface area contributed by atoms with Crippen LogP contribution in [0.25, 0.3) is 0 Å². The van der Waals surface area contributed by atoms with E-state index in [-0.39, 0.29) is 16.8 Å². The number of thioether (sulfide) groups is 1. The molecular weight excluding hydrogens is 160 g/mol. The van der Waals surface area contributed by atoms with E-state index >= 15 is 0 Å². The van der Waals surface area contributed by atoms with Gasteiger partial charge in [-0.25, -0.2) is 0 Å². The third kappa shape index (κ3) is 2.06. The molecule has 0 aromatic heterocycles. The SMILES string of the molecule is CCCC(=O)C1CCSC1=O. The molecule has 0 N–H and O–H groups in total. The molecule has 1 aliphatic rings. The fourth-order valence-electron chi connectivity index (χ4n) is 1.21. The van der Waals surface area contributed by atoms with Crippen LogP contribution in [0.4, 0.5) is 0 Å². The van der Waals surface area contributed by atoms with Gasteiger partial charge in [-0.15, -0.1) is 0 Å². The van der Waals surface area contributed by atoms with Crippen molar-refractivity contribution in [1.29, 1.82) is 0 Å². The molecule has 11 heavy (non-hydrogen) atoms. The molecular formula is C8H12O2S. The molecule has 1 fully saturated rings. The highest BCUT2D eigenvalue weighted by Gasteiger charge is 2.30. The van der Waals surface area contributed by atoms with Crippen LogP contribution in [0.1, 0.15) is 26.2 Å². The lowest BCUT2D eigenvalue weighted by atomic mass is 10.00. The summed E-state index contributed by atoms with van der Waals surface area (Å²) in [4.78, 5) is 22.3. The first kappa shape index (κ1) is 8.78. The van der Waals surface area contributed by atoms with Crippen molar-refractivity contribution in [2.24, 2.45) is 5.92 Å². The molecule has 1 saturated heterocycles. The standard InChI is InChI=1S/C8H12O2S/c1-2-3-7(9)6-4-5-11-8(6)10/h6H,2-5H2,1H3. The summed E-state index contributed by atoms with van der Waals surface area (Å²) in [7, 11) is 0. The molecule has 0 aromatic rings. The minimum atomic E-state index is -0.264. The largest absolute Gasteiger partial charge is 0.299 e. The molecule has 3 heteroatoms. The Morgan fingerprint density at radius 3 is 2.91 bits per heavy atom. The number of ketones is 1. The van der Waals surface area contributed by atoms with Crippen molar-refractivity contribution in [1.82, 2.24) is 0 Å². The van der Waals surface area contributed by atoms with Gasteiger partial charge in [-0.2, -0.15) is 0 Å². The molecule has 0 bridgehead atoms. The lowest BCUT2D eigenvalue weighted by Gasteiger charge is -2.02. The van der Waals surface area contributed by atoms with E-state index in [0.29, 0.717) is 6.42 Å². The second-order valence-corrected chi connectivity index (χ2v) is 3.82. The number of hydrogen-bond donors (Lipinski definition) is 0. The fourth-order valence-corrected chi connectivity index (χ4v) is 2.21. The molecule has 1 unspecified atom stereocenters. The topological polar surface area (TPSA) is 34.1 Å². The van der Waals surface area contributed by atoms with Crippen LogP contribution in [0.3, 0.4) is 0 Å². The molecule has 62 valence electrons. The highest BCUT2D eigenvalue weighted by atomic mass is 32.2. The summed E-state index contributed by atoms with van der Waals surface area (Å²) in [6.45, 7) is 1.96. The Morgan fingerprint density at radius 1 is 1.73 bits per heavy atom. The van der Waals surface area contributed by atoms with Crippen LogP contribution in [0, 0.1) is 5.92 Å². The molecule has 1 atom stereocenters. The Bertz CT molecular complexity index is 177. The molecule has 1 rings (SSSR count). The first-order valence-corrected chi connectivity index (χ1v) is 4.93. The number of hydrogen-bond acceptors (Lipinski definition) is 3. The number of carbonyl (C=O) groups excluding carboxylic acids is 2. The Balaban J connectivity index is 2.46. The minimum absolute atomic E-state index is 0.0865. The molecule has 1 aliphatic heterocycles. The van der Waals surface area contributed by atoms with Crippen molar-refractivity contribution in [3.63, 3.8) is 0 Å². The highest BCUT2D eigenvalue weighted by Crippen LogP contribution is 2.27. The van der Waals surface area contributed by atoms with Gasteiger partial charge in [-0.3, -0.25) is 9.59 Å². The van der Waals surface area contributed by atoms with Crippen LogP contribution in [0.15, 0.2) is 0 Å². The van der Waals surface area contributed by atoms with Crippen molar-refractivity contribution >= 4 is 22.7 Å². The van der Waals surface area contributed by atoms with Crippen LogP contribution in [0.2, 0.25) is 0 Å². The average Bonchev–Trinajstić information content (AvgIpc) is 2.36. The van der Waals surface area contributed by atoms with E-state index in [1.54, 1.807) is 0 Å². The maximum absolute atomic E-state index is 11.2. The third-order valence-electron chi connectivity index (χ3n) is 1.82. The molecule has 0 amide bonds. The summed E-state index contributed by atoms with van der Waals surface area (Å²) in [5.41, 5.74) is 0. The average molecular weight is 172 g/mol. The molecule has 0 spiro atoms. The maximum atomic E-state index is 11.2. The summed E-state index contributed by atoms with van der Waals surface area (Å²) < 4.78 is 0. The fraction of sp³-hybridized carbons (Fsp3) is 0.750. The summed E-state index contributed by atoms with van der Waals surface area (Å²) in [6, 6.07) is 0. The van der Waals surface area contributed by atoms with Gasteiger partial charge in [0.05, 0.1) is 5.92 Å². The normalized spacial score (nSPS) is 24.1. The van der Waals surface area contributed by atoms with Gasteiger partial charge in [0.2, 0.25) is 0 Å². The number of Topliss-reactive ketones (excluding diaryl/α,β-unsaturated/α-hetero) is 1. The predicted molar refractivity (Wildman–Crippen MR) is 45.5 cm³/mol. The Labute approximate surface area is 70.7 Å². The summed E-state index contributed by atoms with van der Waals surface area (Å²) in [5, 5.41) is 0.0865. The summed E-state index contributed by atoms with van der Waals surface area (Å²) in [6.07, 6.45) is 2.19. The van der Waals surface area contributed by atoms with Gasteiger partial charge < -0.3 is 0 Å². The van der Waals surface area contributed by atoms with E-state index in [9.17, 15) is 9.59 Å². The van der Waals surface area contributed by atoms with Crippen LogP contribution in [-0.4, -0.2) is 16.7 Å². The molecule has 0 aliphatic carbocycles. The molecule has 0 radical (unpaired) electrons. The number of rotatable bonds is 3. The van der Waals surface area contributed by atoms with E-state index < -0.39 is 0 Å². The molecule has 0 saturated carbocycles. The Morgan fingerprint density at radius 2 is 2.45 bits per heavy atom. The monoisotopic (exact) mass is 172 g/mol. The van der Waals surface area contributed by atoms with Crippen molar-refractivity contribution in [2.45, 2.75) is 26.2 Å². The third-order valence-corrected chi connectivity index (χ3v) is 2.83. The van der Waals surface area contributed by atoms with Crippen LogP contribution >= 0.6 is 11.8 Å². The van der Waals surface area contributed by atoms with E-state index in [0.717, 1.165) is 18.6 Å². The molecule has 2 nitrogen and oxygen atoms in total. The molecule has 0 aromatic carbocycles. The van der Waals surface area contributed by atoms with Crippen molar-refractivity contribution in [2.75, 3.05) is 5.75 Å². The van der Waals surface area contributed by atoms with Crippen LogP contribution in [-0.2, 0) is 9.59 Å². The van der Waals surface area contributed by atoms with Crippen LogP contribution in [0.5, 0.6) is 0 Å². The zero-order valence-corrected chi connectivity index (χ0v) is 7.45. The van der Waals surface area contributed by atoms with Gasteiger partial charge in [0.25, 0.3) is 0 Å². The first-order chi connectivity index (χ1) is 5.25. The maximum Gasteiger partial charge on any atom is 0.199 e. The van der Waals surface area contributed by atoms with E-state index in [1.165, 1.54) is 11.8 Å². The second kappa shape index (κ2) is 3.90. The van der Waals surface area contributed by atoms with Gasteiger partial charge in [0.15, 0.2) is 5.12 Å². The first-order valence-electron chi connectivity index (χ1n) is 3.95. The summed E-state index contributed by atoms with van der Waals surface area (Å²) in [5.74, 6) is 0.710. The lowest BCUT2D eigenvalue weighted by Crippen LogP contribution is -2.16. The van der Waals surface area contributed by atoms with Gasteiger partial charge >= 0.3 is 0 Å². The van der Waals surface area contributed by atoms with Gasteiger partial charge in [-0.05, 0) is 12.8 Å². The predicted octanol–water partition coefficient (Wildman–Crippen LogP) is 1.64. The minimum Gasteiger partial charge on any atom is -0.299 e. The Kier molecular flexibility index (Phi) is 3.12. The zero-order chi connectivity index (χ0) is 8.27. The zero-order valence-electron chi connectivity index (χ0n) is 6.63. The van der Waals surface area contributed by atoms with Gasteiger partial charge in [0, 0.05) is 12.2 Å². The van der Waals surface area contributed by atoms with Crippen molar-refractivity contribution in [3.05, 3.63) is 0 Å². The smallest absolute Gasteiger partial charge is 0.199 e.